The first kappa shape index (κ1) is 15.4. The second-order valence-corrected chi connectivity index (χ2v) is 5.46. The highest BCUT2D eigenvalue weighted by Gasteiger charge is 2.22. The van der Waals surface area contributed by atoms with Crippen molar-refractivity contribution in [1.82, 2.24) is 5.32 Å². The van der Waals surface area contributed by atoms with Crippen molar-refractivity contribution in [3.05, 3.63) is 31.8 Å². The summed E-state index contributed by atoms with van der Waals surface area (Å²) in [6, 6.07) is 4.19. The molecule has 0 aromatic heterocycles. The summed E-state index contributed by atoms with van der Waals surface area (Å²) in [5.41, 5.74) is 0.393. The molecule has 1 atom stereocenters. The van der Waals surface area contributed by atoms with Gasteiger partial charge in [0.2, 0.25) is 0 Å². The molecule has 0 radical (unpaired) electrons. The van der Waals surface area contributed by atoms with Gasteiger partial charge in [0.15, 0.2) is 6.04 Å². The minimum absolute atomic E-state index is 0.393. The molecule has 0 heterocycles. The number of benzene rings is 1. The predicted octanol–water partition coefficient (Wildman–Crippen LogP) is 1.32. The number of aliphatic hydroxyl groups is 1. The molecule has 1 aromatic rings. The third kappa shape index (κ3) is 3.92. The first-order valence-electron chi connectivity index (χ1n) is 4.94. The Bertz CT molecular complexity index is 466. The number of halogens is 2. The Kier molecular flexibility index (Phi) is 6.03. The lowest BCUT2D eigenvalue weighted by atomic mass is 10.2. The molecule has 0 bridgehead atoms. The van der Waals surface area contributed by atoms with E-state index < -0.39 is 24.5 Å². The van der Waals surface area contributed by atoms with Crippen molar-refractivity contribution in [3.8, 4) is 0 Å². The maximum Gasteiger partial charge on any atom is 0.330 e. The van der Waals surface area contributed by atoms with E-state index in [9.17, 15) is 9.59 Å². The minimum Gasteiger partial charge on any atom is -0.467 e. The van der Waals surface area contributed by atoms with E-state index in [1.54, 1.807) is 12.1 Å². The smallest absolute Gasteiger partial charge is 0.330 e. The fourth-order valence-corrected chi connectivity index (χ4v) is 2.15. The zero-order chi connectivity index (χ0) is 13.7. The van der Waals surface area contributed by atoms with Crippen molar-refractivity contribution in [1.29, 1.82) is 0 Å². The second-order valence-electron chi connectivity index (χ2n) is 3.36. The number of carbonyl (C=O) groups is 2. The van der Waals surface area contributed by atoms with Gasteiger partial charge in [-0.15, -0.1) is 0 Å². The highest BCUT2D eigenvalue weighted by atomic mass is 127. The molecule has 0 aliphatic rings. The number of aliphatic hydroxyl groups excluding tert-OH is 1. The van der Waals surface area contributed by atoms with E-state index in [2.05, 4.69) is 48.6 Å². The van der Waals surface area contributed by atoms with Gasteiger partial charge in [0.25, 0.3) is 5.91 Å². The number of hydrogen-bond acceptors (Lipinski definition) is 4. The van der Waals surface area contributed by atoms with Gasteiger partial charge in [0.05, 0.1) is 19.3 Å². The van der Waals surface area contributed by atoms with Gasteiger partial charge in [-0.1, -0.05) is 0 Å². The summed E-state index contributed by atoms with van der Waals surface area (Å²) in [7, 11) is 1.19. The summed E-state index contributed by atoms with van der Waals surface area (Å²) in [6.07, 6.45) is 0. The van der Waals surface area contributed by atoms with Gasteiger partial charge in [0, 0.05) is 8.04 Å². The van der Waals surface area contributed by atoms with E-state index in [1.165, 1.54) is 7.11 Å². The number of amides is 1. The number of carbonyl (C=O) groups excluding carboxylic acids is 2. The van der Waals surface area contributed by atoms with Crippen molar-refractivity contribution < 1.29 is 19.4 Å². The number of ether oxygens (including phenoxy) is 1. The van der Waals surface area contributed by atoms with Gasteiger partial charge in [-0.2, -0.15) is 0 Å². The van der Waals surface area contributed by atoms with Gasteiger partial charge in [0.1, 0.15) is 0 Å². The van der Waals surface area contributed by atoms with Crippen molar-refractivity contribution >= 4 is 50.4 Å². The lowest BCUT2D eigenvalue weighted by Crippen LogP contribution is -2.44. The fraction of sp³-hybridized carbons (Fsp3) is 0.273. The van der Waals surface area contributed by atoms with E-state index in [0.29, 0.717) is 10.0 Å². The van der Waals surface area contributed by atoms with Crippen LogP contribution in [0, 0.1) is 3.57 Å². The number of rotatable bonds is 4. The Morgan fingerprint density at radius 2 is 2.22 bits per heavy atom. The molecule has 5 nitrogen and oxygen atoms in total. The first-order valence-corrected chi connectivity index (χ1v) is 6.81. The van der Waals surface area contributed by atoms with E-state index in [0.717, 1.165) is 3.57 Å². The lowest BCUT2D eigenvalue weighted by molar-refractivity contribution is -0.143. The molecule has 0 saturated heterocycles. The maximum atomic E-state index is 11.9. The molecular formula is C11H11BrINO4. The van der Waals surface area contributed by atoms with E-state index in [1.807, 2.05) is 6.07 Å². The van der Waals surface area contributed by atoms with Crippen LogP contribution < -0.4 is 5.32 Å². The molecular weight excluding hydrogens is 417 g/mol. The Labute approximate surface area is 126 Å². The Hall–Kier alpha value is -0.670. The summed E-state index contributed by atoms with van der Waals surface area (Å²) in [5.74, 6) is -1.14. The quantitative estimate of drug-likeness (QED) is 0.561. The molecule has 1 aromatic carbocycles. The van der Waals surface area contributed by atoms with Crippen LogP contribution in [0.25, 0.3) is 0 Å². The summed E-state index contributed by atoms with van der Waals surface area (Å²) >= 11 is 5.33. The number of esters is 1. The number of methoxy groups -OCH3 is 1. The van der Waals surface area contributed by atoms with Crippen molar-refractivity contribution in [2.75, 3.05) is 13.7 Å². The SMILES string of the molecule is COC(=O)C(CO)NC(=O)c1cc(I)ccc1Br. The van der Waals surface area contributed by atoms with Crippen LogP contribution in [-0.4, -0.2) is 36.7 Å². The molecule has 7 heteroatoms. The molecule has 1 unspecified atom stereocenters. The van der Waals surface area contributed by atoms with Crippen LogP contribution in [0.1, 0.15) is 10.4 Å². The van der Waals surface area contributed by atoms with Crippen LogP contribution >= 0.6 is 38.5 Å². The summed E-state index contributed by atoms with van der Waals surface area (Å²) < 4.78 is 5.97. The van der Waals surface area contributed by atoms with Crippen molar-refractivity contribution in [2.45, 2.75) is 6.04 Å². The zero-order valence-corrected chi connectivity index (χ0v) is 13.2. The molecule has 1 amide bonds. The highest BCUT2D eigenvalue weighted by Crippen LogP contribution is 2.19. The standard InChI is InChI=1S/C11H11BrINO4/c1-18-11(17)9(5-15)14-10(16)7-4-6(13)2-3-8(7)12/h2-4,9,15H,5H2,1H3,(H,14,16). The average Bonchev–Trinajstić information content (AvgIpc) is 2.37. The second kappa shape index (κ2) is 7.05. The van der Waals surface area contributed by atoms with Crippen LogP contribution in [0.15, 0.2) is 22.7 Å². The van der Waals surface area contributed by atoms with E-state index in [4.69, 9.17) is 5.11 Å². The number of nitrogens with one attached hydrogen (secondary N) is 1. The zero-order valence-electron chi connectivity index (χ0n) is 9.44. The van der Waals surface area contributed by atoms with Gasteiger partial charge >= 0.3 is 5.97 Å². The Balaban J connectivity index is 2.87. The lowest BCUT2D eigenvalue weighted by Gasteiger charge is -2.14. The molecule has 0 aliphatic carbocycles. The third-order valence-corrected chi connectivity index (χ3v) is 3.51. The molecule has 0 fully saturated rings. The van der Waals surface area contributed by atoms with Gasteiger partial charge in [-0.25, -0.2) is 4.79 Å². The molecule has 18 heavy (non-hydrogen) atoms. The summed E-state index contributed by atoms with van der Waals surface area (Å²) in [6.45, 7) is -0.514. The van der Waals surface area contributed by atoms with Crippen LogP contribution in [-0.2, 0) is 9.53 Å². The minimum atomic E-state index is -1.06. The van der Waals surface area contributed by atoms with E-state index in [-0.39, 0.29) is 0 Å². The Morgan fingerprint density at radius 1 is 1.56 bits per heavy atom. The van der Waals surface area contributed by atoms with Gasteiger partial charge in [-0.05, 0) is 56.7 Å². The predicted molar refractivity (Wildman–Crippen MR) is 77.2 cm³/mol. The fourth-order valence-electron chi connectivity index (χ4n) is 1.23. The first-order chi connectivity index (χ1) is 8.49. The largest absolute Gasteiger partial charge is 0.467 e. The van der Waals surface area contributed by atoms with Gasteiger partial charge < -0.3 is 15.2 Å². The normalized spacial score (nSPS) is 11.8. The van der Waals surface area contributed by atoms with E-state index >= 15 is 0 Å². The van der Waals surface area contributed by atoms with Crippen molar-refractivity contribution in [2.24, 2.45) is 0 Å². The highest BCUT2D eigenvalue weighted by molar-refractivity contribution is 14.1. The van der Waals surface area contributed by atoms with Crippen LogP contribution in [0.3, 0.4) is 0 Å². The molecule has 1 rings (SSSR count). The molecule has 0 saturated carbocycles. The summed E-state index contributed by atoms with van der Waals surface area (Å²) in [5, 5.41) is 11.4. The van der Waals surface area contributed by atoms with Gasteiger partial charge in [-0.3, -0.25) is 4.79 Å². The van der Waals surface area contributed by atoms with Crippen LogP contribution in [0.2, 0.25) is 0 Å². The average molecular weight is 428 g/mol. The number of hydrogen-bond donors (Lipinski definition) is 2. The molecule has 2 N–H and O–H groups in total. The molecule has 0 aliphatic heterocycles. The van der Waals surface area contributed by atoms with Crippen LogP contribution in [0.5, 0.6) is 0 Å². The third-order valence-electron chi connectivity index (χ3n) is 2.15. The van der Waals surface area contributed by atoms with Crippen molar-refractivity contribution in [3.63, 3.8) is 0 Å². The molecule has 98 valence electrons. The molecule has 0 spiro atoms. The van der Waals surface area contributed by atoms with Crippen LogP contribution in [0.4, 0.5) is 0 Å². The summed E-state index contributed by atoms with van der Waals surface area (Å²) in [4.78, 5) is 23.2. The monoisotopic (exact) mass is 427 g/mol. The topological polar surface area (TPSA) is 75.6 Å². The Morgan fingerprint density at radius 3 is 2.78 bits per heavy atom. The maximum absolute atomic E-state index is 11.9.